The Morgan fingerprint density at radius 1 is 0.778 bits per heavy atom. The summed E-state index contributed by atoms with van der Waals surface area (Å²) in [5, 5.41) is 0. The van der Waals surface area contributed by atoms with Crippen molar-refractivity contribution in [1.82, 2.24) is 4.98 Å². The van der Waals surface area contributed by atoms with Crippen molar-refractivity contribution < 1.29 is 4.74 Å². The molecule has 0 atom stereocenters. The molecule has 0 aromatic carbocycles. The summed E-state index contributed by atoms with van der Waals surface area (Å²) in [7, 11) is 1.70. The van der Waals surface area contributed by atoms with Crippen molar-refractivity contribution in [1.29, 1.82) is 0 Å². The van der Waals surface area contributed by atoms with Crippen LogP contribution in [0.2, 0.25) is 0 Å². The summed E-state index contributed by atoms with van der Waals surface area (Å²) in [6.45, 7) is 2.34. The van der Waals surface area contributed by atoms with Crippen LogP contribution in [0.15, 0.2) is 18.3 Å². The van der Waals surface area contributed by atoms with Crippen LogP contribution >= 0.6 is 0 Å². The summed E-state index contributed by atoms with van der Waals surface area (Å²) in [5.41, 5.74) is 1.22. The van der Waals surface area contributed by atoms with Gasteiger partial charge in [-0.25, -0.2) is 0 Å². The van der Waals surface area contributed by atoms with E-state index in [9.17, 15) is 0 Å². The van der Waals surface area contributed by atoms with Gasteiger partial charge in [-0.3, -0.25) is 4.98 Å². The van der Waals surface area contributed by atoms with Gasteiger partial charge in [0, 0.05) is 5.69 Å². The second kappa shape index (κ2) is 11.1. The van der Waals surface area contributed by atoms with Crippen LogP contribution in [0.5, 0.6) is 5.75 Å². The Bertz CT molecular complexity index is 510. The molecule has 2 aliphatic rings. The predicted octanol–water partition coefficient (Wildman–Crippen LogP) is 7.22. The molecule has 0 spiro atoms. The van der Waals surface area contributed by atoms with E-state index >= 15 is 0 Å². The fourth-order valence-electron chi connectivity index (χ4n) is 5.53. The van der Waals surface area contributed by atoms with Crippen molar-refractivity contribution in [3.05, 3.63) is 24.0 Å². The highest BCUT2D eigenvalue weighted by Gasteiger charge is 2.24. The first kappa shape index (κ1) is 20.7. The molecule has 0 bridgehead atoms. The summed E-state index contributed by atoms with van der Waals surface area (Å²) in [4.78, 5) is 4.52. The number of nitrogens with zero attached hydrogens (tertiary/aromatic N) is 1. The number of pyridine rings is 1. The van der Waals surface area contributed by atoms with E-state index in [2.05, 4.69) is 18.0 Å². The van der Waals surface area contributed by atoms with Crippen LogP contribution in [0.4, 0.5) is 0 Å². The van der Waals surface area contributed by atoms with E-state index in [0.29, 0.717) is 0 Å². The molecule has 1 aromatic rings. The Morgan fingerprint density at radius 2 is 1.30 bits per heavy atom. The van der Waals surface area contributed by atoms with Gasteiger partial charge in [-0.15, -0.1) is 0 Å². The lowest BCUT2D eigenvalue weighted by Crippen LogP contribution is -2.18. The highest BCUT2D eigenvalue weighted by atomic mass is 16.5. The minimum absolute atomic E-state index is 0.859. The van der Waals surface area contributed by atoms with Crippen LogP contribution in [0.25, 0.3) is 0 Å². The van der Waals surface area contributed by atoms with Gasteiger partial charge in [-0.2, -0.15) is 0 Å². The summed E-state index contributed by atoms with van der Waals surface area (Å²) < 4.78 is 5.20. The van der Waals surface area contributed by atoms with E-state index in [4.69, 9.17) is 4.74 Å². The lowest BCUT2D eigenvalue weighted by atomic mass is 9.74. The normalized spacial score (nSPS) is 28.8. The van der Waals surface area contributed by atoms with Crippen molar-refractivity contribution >= 4 is 0 Å². The quantitative estimate of drug-likeness (QED) is 0.457. The Morgan fingerprint density at radius 3 is 1.74 bits per heavy atom. The average molecular weight is 372 g/mol. The minimum atomic E-state index is 0.859. The molecular formula is C25H41NO. The molecule has 0 unspecified atom stereocenters. The molecule has 2 saturated carbocycles. The molecule has 0 aliphatic heterocycles. The fraction of sp³-hybridized carbons (Fsp3) is 0.800. The van der Waals surface area contributed by atoms with Crippen LogP contribution in [0.3, 0.4) is 0 Å². The molecule has 152 valence electrons. The third kappa shape index (κ3) is 6.80. The van der Waals surface area contributed by atoms with E-state index < -0.39 is 0 Å². The molecule has 2 heteroatoms. The van der Waals surface area contributed by atoms with Gasteiger partial charge in [0.1, 0.15) is 5.75 Å². The maximum absolute atomic E-state index is 5.20. The molecule has 0 saturated heterocycles. The second-order valence-corrected chi connectivity index (χ2v) is 9.37. The summed E-state index contributed by atoms with van der Waals surface area (Å²) in [6.07, 6.45) is 22.1. The maximum atomic E-state index is 5.20. The molecule has 0 N–H and O–H groups in total. The SMILES string of the molecule is CCCC1CCC(CCC2CCC(CCc3ccc(OC)cn3)CC2)CC1. The zero-order valence-electron chi connectivity index (χ0n) is 17.8. The van der Waals surface area contributed by atoms with E-state index in [1.54, 1.807) is 7.11 Å². The van der Waals surface area contributed by atoms with Crippen molar-refractivity contribution in [2.45, 2.75) is 96.8 Å². The van der Waals surface area contributed by atoms with Crippen LogP contribution in [0, 0.1) is 23.7 Å². The van der Waals surface area contributed by atoms with Crippen molar-refractivity contribution in [2.24, 2.45) is 23.7 Å². The van der Waals surface area contributed by atoms with E-state index in [1.165, 1.54) is 89.2 Å². The number of aromatic nitrogens is 1. The van der Waals surface area contributed by atoms with E-state index in [1.807, 2.05) is 12.3 Å². The highest BCUT2D eigenvalue weighted by Crippen LogP contribution is 2.38. The van der Waals surface area contributed by atoms with E-state index in [-0.39, 0.29) is 0 Å². The Kier molecular flexibility index (Phi) is 8.48. The Hall–Kier alpha value is -1.05. The first-order valence-electron chi connectivity index (χ1n) is 11.8. The van der Waals surface area contributed by atoms with Crippen molar-refractivity contribution in [3.63, 3.8) is 0 Å². The fourth-order valence-corrected chi connectivity index (χ4v) is 5.53. The molecule has 2 nitrogen and oxygen atoms in total. The third-order valence-corrected chi connectivity index (χ3v) is 7.45. The summed E-state index contributed by atoms with van der Waals surface area (Å²) >= 11 is 0. The number of hydrogen-bond donors (Lipinski definition) is 0. The van der Waals surface area contributed by atoms with Crippen LogP contribution < -0.4 is 4.74 Å². The maximum Gasteiger partial charge on any atom is 0.137 e. The minimum Gasteiger partial charge on any atom is -0.495 e. The van der Waals surface area contributed by atoms with Gasteiger partial charge in [-0.05, 0) is 48.6 Å². The lowest BCUT2D eigenvalue weighted by Gasteiger charge is -2.32. The average Bonchev–Trinajstić information content (AvgIpc) is 2.73. The van der Waals surface area contributed by atoms with Gasteiger partial charge >= 0.3 is 0 Å². The van der Waals surface area contributed by atoms with Crippen LogP contribution in [-0.2, 0) is 6.42 Å². The summed E-state index contributed by atoms with van der Waals surface area (Å²) in [5.74, 6) is 4.92. The van der Waals surface area contributed by atoms with E-state index in [0.717, 1.165) is 35.8 Å². The molecule has 0 amide bonds. The van der Waals surface area contributed by atoms with Crippen molar-refractivity contribution in [2.75, 3.05) is 7.11 Å². The van der Waals surface area contributed by atoms with Gasteiger partial charge in [0.05, 0.1) is 13.3 Å². The molecular weight excluding hydrogens is 330 g/mol. The number of hydrogen-bond acceptors (Lipinski definition) is 2. The molecule has 0 radical (unpaired) electrons. The van der Waals surface area contributed by atoms with Crippen molar-refractivity contribution in [3.8, 4) is 5.75 Å². The standard InChI is InChI=1S/C25H41NO/c1-3-4-20-5-7-21(8-6-20)9-10-22-11-13-23(14-12-22)15-16-24-17-18-25(27-2)19-26-24/h17-23H,3-16H2,1-2H3. The molecule has 3 rings (SSSR count). The number of methoxy groups -OCH3 is 1. The second-order valence-electron chi connectivity index (χ2n) is 9.37. The number of ether oxygens (including phenoxy) is 1. The first-order chi connectivity index (χ1) is 13.3. The smallest absolute Gasteiger partial charge is 0.137 e. The third-order valence-electron chi connectivity index (χ3n) is 7.45. The Balaban J connectivity index is 1.27. The largest absolute Gasteiger partial charge is 0.495 e. The zero-order chi connectivity index (χ0) is 18.9. The first-order valence-corrected chi connectivity index (χ1v) is 11.8. The van der Waals surface area contributed by atoms with Crippen LogP contribution in [0.1, 0.15) is 96.1 Å². The molecule has 1 heterocycles. The molecule has 2 fully saturated rings. The molecule has 27 heavy (non-hydrogen) atoms. The van der Waals surface area contributed by atoms with Gasteiger partial charge in [-0.1, -0.05) is 84.0 Å². The highest BCUT2D eigenvalue weighted by molar-refractivity contribution is 5.19. The molecule has 2 aliphatic carbocycles. The predicted molar refractivity (Wildman–Crippen MR) is 114 cm³/mol. The zero-order valence-corrected chi connectivity index (χ0v) is 17.8. The topological polar surface area (TPSA) is 22.1 Å². The van der Waals surface area contributed by atoms with Crippen LogP contribution in [-0.4, -0.2) is 12.1 Å². The molecule has 1 aromatic heterocycles. The van der Waals surface area contributed by atoms with Gasteiger partial charge in [0.2, 0.25) is 0 Å². The monoisotopic (exact) mass is 371 g/mol. The van der Waals surface area contributed by atoms with Gasteiger partial charge < -0.3 is 4.74 Å². The van der Waals surface area contributed by atoms with Gasteiger partial charge in [0.25, 0.3) is 0 Å². The summed E-state index contributed by atoms with van der Waals surface area (Å²) in [6, 6.07) is 4.16. The van der Waals surface area contributed by atoms with Gasteiger partial charge in [0.15, 0.2) is 0 Å². The lowest BCUT2D eigenvalue weighted by molar-refractivity contribution is 0.209. The Labute approximate surface area is 167 Å². The number of aryl methyl sites for hydroxylation is 1. The number of rotatable bonds is 9.